The van der Waals surface area contributed by atoms with Gasteiger partial charge in [-0.15, -0.1) is 0 Å². The number of rotatable bonds is 5. The maximum atomic E-state index is 13.6. The molecule has 0 unspecified atom stereocenters. The molecule has 88 valence electrons. The summed E-state index contributed by atoms with van der Waals surface area (Å²) in [4.78, 5) is 0.370. The SMILES string of the molecule is COc1cc(F)c(CCC(N)=S)cc1OC. The summed E-state index contributed by atoms with van der Waals surface area (Å²) >= 11 is 4.75. The standard InChI is InChI=1S/C11H14FNO2S/c1-14-9-5-7(3-4-11(13)16)8(12)6-10(9)15-2/h5-6H,3-4H2,1-2H3,(H2,13,16). The lowest BCUT2D eigenvalue weighted by Crippen LogP contribution is -2.09. The Hall–Kier alpha value is -1.36. The molecular formula is C11H14FNO2S. The van der Waals surface area contributed by atoms with Crippen molar-refractivity contribution in [2.75, 3.05) is 14.2 Å². The highest BCUT2D eigenvalue weighted by Crippen LogP contribution is 2.30. The summed E-state index contributed by atoms with van der Waals surface area (Å²) in [5, 5.41) is 0. The monoisotopic (exact) mass is 243 g/mol. The van der Waals surface area contributed by atoms with E-state index in [1.54, 1.807) is 6.07 Å². The van der Waals surface area contributed by atoms with Crippen molar-refractivity contribution in [3.05, 3.63) is 23.5 Å². The Balaban J connectivity index is 2.96. The highest BCUT2D eigenvalue weighted by Gasteiger charge is 2.10. The van der Waals surface area contributed by atoms with Gasteiger partial charge in [-0.1, -0.05) is 12.2 Å². The normalized spacial score (nSPS) is 9.94. The molecule has 0 fully saturated rings. The van der Waals surface area contributed by atoms with Crippen LogP contribution in [0.2, 0.25) is 0 Å². The molecule has 5 heteroatoms. The number of ether oxygens (including phenoxy) is 2. The van der Waals surface area contributed by atoms with Crippen LogP contribution >= 0.6 is 12.2 Å². The van der Waals surface area contributed by atoms with E-state index in [-0.39, 0.29) is 5.82 Å². The molecule has 1 rings (SSSR count). The van der Waals surface area contributed by atoms with Gasteiger partial charge in [-0.25, -0.2) is 4.39 Å². The fourth-order valence-electron chi connectivity index (χ4n) is 1.35. The van der Waals surface area contributed by atoms with Gasteiger partial charge in [0, 0.05) is 12.5 Å². The number of halogens is 1. The van der Waals surface area contributed by atoms with Crippen molar-refractivity contribution in [2.24, 2.45) is 5.73 Å². The van der Waals surface area contributed by atoms with Crippen molar-refractivity contribution in [1.29, 1.82) is 0 Å². The minimum absolute atomic E-state index is 0.339. The predicted octanol–water partition coefficient (Wildman–Crippen LogP) is 2.06. The third-order valence-corrected chi connectivity index (χ3v) is 2.40. The maximum absolute atomic E-state index is 13.6. The molecule has 0 aliphatic heterocycles. The lowest BCUT2D eigenvalue weighted by molar-refractivity contribution is 0.351. The van der Waals surface area contributed by atoms with Gasteiger partial charge in [-0.3, -0.25) is 0 Å². The number of hydrogen-bond acceptors (Lipinski definition) is 3. The topological polar surface area (TPSA) is 44.5 Å². The highest BCUT2D eigenvalue weighted by molar-refractivity contribution is 7.80. The second kappa shape index (κ2) is 5.65. The third-order valence-electron chi connectivity index (χ3n) is 2.19. The average Bonchev–Trinajstić information content (AvgIpc) is 2.26. The molecule has 0 saturated carbocycles. The van der Waals surface area contributed by atoms with Crippen LogP contribution in [0, 0.1) is 5.82 Å². The van der Waals surface area contributed by atoms with Crippen LogP contribution in [0.25, 0.3) is 0 Å². The minimum atomic E-state index is -0.339. The summed E-state index contributed by atoms with van der Waals surface area (Å²) in [6, 6.07) is 2.90. The number of aryl methyl sites for hydroxylation is 1. The van der Waals surface area contributed by atoms with Crippen molar-refractivity contribution in [3.8, 4) is 11.5 Å². The summed E-state index contributed by atoms with van der Waals surface area (Å²) in [6.45, 7) is 0. The zero-order chi connectivity index (χ0) is 12.1. The number of benzene rings is 1. The molecule has 0 atom stereocenters. The van der Waals surface area contributed by atoms with Crippen molar-refractivity contribution in [1.82, 2.24) is 0 Å². The molecule has 0 heterocycles. The summed E-state index contributed by atoms with van der Waals surface area (Å²) < 4.78 is 23.6. The van der Waals surface area contributed by atoms with E-state index in [1.807, 2.05) is 0 Å². The largest absolute Gasteiger partial charge is 0.493 e. The van der Waals surface area contributed by atoms with E-state index in [9.17, 15) is 4.39 Å². The Labute approximate surface area is 99.3 Å². The van der Waals surface area contributed by atoms with Crippen LogP contribution in [-0.4, -0.2) is 19.2 Å². The van der Waals surface area contributed by atoms with Crippen molar-refractivity contribution in [2.45, 2.75) is 12.8 Å². The first-order valence-electron chi connectivity index (χ1n) is 4.77. The quantitative estimate of drug-likeness (QED) is 0.804. The van der Waals surface area contributed by atoms with Crippen LogP contribution in [0.1, 0.15) is 12.0 Å². The van der Waals surface area contributed by atoms with Crippen molar-refractivity contribution in [3.63, 3.8) is 0 Å². The van der Waals surface area contributed by atoms with E-state index in [0.29, 0.717) is 34.9 Å². The molecule has 0 aromatic heterocycles. The molecule has 2 N–H and O–H groups in total. The van der Waals surface area contributed by atoms with Crippen molar-refractivity contribution < 1.29 is 13.9 Å². The minimum Gasteiger partial charge on any atom is -0.493 e. The summed E-state index contributed by atoms with van der Waals surface area (Å²) in [6.07, 6.45) is 0.934. The van der Waals surface area contributed by atoms with Gasteiger partial charge in [0.25, 0.3) is 0 Å². The summed E-state index contributed by atoms with van der Waals surface area (Å²) in [5.74, 6) is 0.537. The zero-order valence-corrected chi connectivity index (χ0v) is 10.1. The molecule has 0 spiro atoms. The Kier molecular flexibility index (Phi) is 4.49. The van der Waals surface area contributed by atoms with Gasteiger partial charge in [0.05, 0.1) is 19.2 Å². The van der Waals surface area contributed by atoms with E-state index in [1.165, 1.54) is 20.3 Å². The number of methoxy groups -OCH3 is 2. The van der Waals surface area contributed by atoms with Gasteiger partial charge in [0.2, 0.25) is 0 Å². The molecule has 0 aliphatic rings. The Morgan fingerprint density at radius 3 is 2.38 bits per heavy atom. The van der Waals surface area contributed by atoms with Gasteiger partial charge < -0.3 is 15.2 Å². The molecule has 16 heavy (non-hydrogen) atoms. The molecule has 0 aliphatic carbocycles. The van der Waals surface area contributed by atoms with Gasteiger partial charge >= 0.3 is 0 Å². The zero-order valence-electron chi connectivity index (χ0n) is 9.25. The van der Waals surface area contributed by atoms with Crippen molar-refractivity contribution >= 4 is 17.2 Å². The summed E-state index contributed by atoms with van der Waals surface area (Å²) in [7, 11) is 2.97. The van der Waals surface area contributed by atoms with Gasteiger partial charge in [0.15, 0.2) is 11.5 Å². The smallest absolute Gasteiger partial charge is 0.163 e. The Morgan fingerprint density at radius 2 is 1.88 bits per heavy atom. The fourth-order valence-corrected chi connectivity index (χ4v) is 1.45. The van der Waals surface area contributed by atoms with E-state index in [4.69, 9.17) is 27.4 Å². The average molecular weight is 243 g/mol. The number of nitrogens with two attached hydrogens (primary N) is 1. The van der Waals surface area contributed by atoms with E-state index >= 15 is 0 Å². The molecule has 0 bridgehead atoms. The molecule has 3 nitrogen and oxygen atoms in total. The first-order valence-corrected chi connectivity index (χ1v) is 5.18. The van der Waals surface area contributed by atoms with Gasteiger partial charge in [-0.05, 0) is 18.1 Å². The third kappa shape index (κ3) is 3.06. The lowest BCUT2D eigenvalue weighted by atomic mass is 10.1. The molecule has 0 saturated heterocycles. The first kappa shape index (κ1) is 12.7. The maximum Gasteiger partial charge on any atom is 0.163 e. The van der Waals surface area contributed by atoms with E-state index in [2.05, 4.69) is 0 Å². The van der Waals surface area contributed by atoms with Crippen LogP contribution in [0.3, 0.4) is 0 Å². The Morgan fingerprint density at radius 1 is 1.31 bits per heavy atom. The van der Waals surface area contributed by atoms with Gasteiger partial charge in [-0.2, -0.15) is 0 Å². The van der Waals surface area contributed by atoms with E-state index < -0.39 is 0 Å². The highest BCUT2D eigenvalue weighted by atomic mass is 32.1. The second-order valence-electron chi connectivity index (χ2n) is 3.26. The van der Waals surface area contributed by atoms with Crippen LogP contribution < -0.4 is 15.2 Å². The molecule has 0 radical (unpaired) electrons. The second-order valence-corrected chi connectivity index (χ2v) is 3.79. The molecular weight excluding hydrogens is 229 g/mol. The van der Waals surface area contributed by atoms with Crippen LogP contribution in [0.5, 0.6) is 11.5 Å². The molecule has 1 aromatic rings. The van der Waals surface area contributed by atoms with Gasteiger partial charge in [0.1, 0.15) is 5.82 Å². The Bertz CT molecular complexity index is 396. The number of hydrogen-bond donors (Lipinski definition) is 1. The van der Waals surface area contributed by atoms with E-state index in [0.717, 1.165) is 0 Å². The van der Waals surface area contributed by atoms with Crippen LogP contribution in [-0.2, 0) is 6.42 Å². The fraction of sp³-hybridized carbons (Fsp3) is 0.364. The molecule has 1 aromatic carbocycles. The number of thiocarbonyl (C=S) groups is 1. The lowest BCUT2D eigenvalue weighted by Gasteiger charge is -2.10. The predicted molar refractivity (Wildman–Crippen MR) is 64.6 cm³/mol. The summed E-state index contributed by atoms with van der Waals surface area (Å²) in [5.41, 5.74) is 5.89. The molecule has 0 amide bonds. The van der Waals surface area contributed by atoms with Crippen LogP contribution in [0.4, 0.5) is 4.39 Å². The first-order chi connectivity index (χ1) is 7.58. The van der Waals surface area contributed by atoms with Crippen LogP contribution in [0.15, 0.2) is 12.1 Å².